The number of nitrogens with one attached hydrogen (secondary N) is 1. The summed E-state index contributed by atoms with van der Waals surface area (Å²) < 4.78 is 1.31. The quantitative estimate of drug-likeness (QED) is 0.755. The first-order valence-electron chi connectivity index (χ1n) is 6.59. The number of carbonyl (C=O) groups is 1. The molecule has 0 aliphatic heterocycles. The monoisotopic (exact) mass is 267 g/mol. The van der Waals surface area contributed by atoms with Gasteiger partial charge in [0.25, 0.3) is 11.5 Å². The molecule has 0 bridgehead atoms. The normalized spacial score (nSPS) is 12.2. The van der Waals surface area contributed by atoms with E-state index in [1.807, 2.05) is 6.92 Å². The van der Waals surface area contributed by atoms with E-state index >= 15 is 0 Å². The minimum Gasteiger partial charge on any atom is -0.393 e. The van der Waals surface area contributed by atoms with Crippen LogP contribution in [0.4, 0.5) is 0 Å². The summed E-state index contributed by atoms with van der Waals surface area (Å²) in [5.74, 6) is -0.328. The standard InChI is InChI=1S/C13H21N3O3/c1-3-4-9-16-12(18)6-5-11(15-16)13(19)14-8-7-10(2)17/h5-6,10,17H,3-4,7-9H2,1-2H3,(H,14,19). The van der Waals surface area contributed by atoms with Crippen LogP contribution >= 0.6 is 0 Å². The lowest BCUT2D eigenvalue weighted by molar-refractivity contribution is 0.0938. The van der Waals surface area contributed by atoms with Crippen molar-refractivity contribution in [1.29, 1.82) is 0 Å². The lowest BCUT2D eigenvalue weighted by Crippen LogP contribution is -2.31. The Labute approximate surface area is 112 Å². The van der Waals surface area contributed by atoms with Gasteiger partial charge in [-0.1, -0.05) is 13.3 Å². The maximum atomic E-state index is 11.8. The fourth-order valence-electron chi connectivity index (χ4n) is 1.52. The van der Waals surface area contributed by atoms with Crippen LogP contribution in [0.1, 0.15) is 43.6 Å². The Balaban J connectivity index is 2.67. The van der Waals surface area contributed by atoms with Gasteiger partial charge in [0, 0.05) is 19.2 Å². The van der Waals surface area contributed by atoms with E-state index in [0.717, 1.165) is 12.8 Å². The van der Waals surface area contributed by atoms with E-state index in [1.165, 1.54) is 16.8 Å². The Morgan fingerprint density at radius 2 is 2.26 bits per heavy atom. The molecule has 6 heteroatoms. The second kappa shape index (κ2) is 7.68. The maximum Gasteiger partial charge on any atom is 0.271 e. The molecule has 0 spiro atoms. The summed E-state index contributed by atoms with van der Waals surface area (Å²) in [6.07, 6.45) is 1.84. The molecule has 0 aromatic carbocycles. The Morgan fingerprint density at radius 3 is 2.89 bits per heavy atom. The Kier molecular flexibility index (Phi) is 6.21. The molecule has 106 valence electrons. The number of aromatic nitrogens is 2. The molecule has 1 aromatic rings. The Hall–Kier alpha value is -1.69. The van der Waals surface area contributed by atoms with Crippen LogP contribution in [0.25, 0.3) is 0 Å². The largest absolute Gasteiger partial charge is 0.393 e. The molecule has 6 nitrogen and oxygen atoms in total. The summed E-state index contributed by atoms with van der Waals surface area (Å²) in [5.41, 5.74) is 0.0234. The van der Waals surface area contributed by atoms with Crippen molar-refractivity contribution in [2.45, 2.75) is 45.8 Å². The first-order valence-corrected chi connectivity index (χ1v) is 6.59. The molecular weight excluding hydrogens is 246 g/mol. The molecule has 1 heterocycles. The van der Waals surface area contributed by atoms with Crippen molar-refractivity contribution in [1.82, 2.24) is 15.1 Å². The fourth-order valence-corrected chi connectivity index (χ4v) is 1.52. The van der Waals surface area contributed by atoms with Gasteiger partial charge in [0.15, 0.2) is 0 Å². The van der Waals surface area contributed by atoms with Gasteiger partial charge >= 0.3 is 0 Å². The number of aryl methyl sites for hydroxylation is 1. The Bertz CT molecular complexity index is 468. The van der Waals surface area contributed by atoms with Gasteiger partial charge in [-0.15, -0.1) is 0 Å². The molecule has 0 aliphatic carbocycles. The number of unbranched alkanes of at least 4 members (excludes halogenated alkanes) is 1. The number of rotatable bonds is 7. The second-order valence-corrected chi connectivity index (χ2v) is 4.53. The summed E-state index contributed by atoms with van der Waals surface area (Å²) in [6, 6.07) is 2.77. The van der Waals surface area contributed by atoms with Crippen LogP contribution in [0.2, 0.25) is 0 Å². The highest BCUT2D eigenvalue weighted by Crippen LogP contribution is 1.95. The summed E-state index contributed by atoms with van der Waals surface area (Å²) in [6.45, 7) is 4.59. The molecule has 1 amide bonds. The van der Waals surface area contributed by atoms with E-state index < -0.39 is 6.10 Å². The van der Waals surface area contributed by atoms with Gasteiger partial charge in [-0.25, -0.2) is 4.68 Å². The minimum absolute atomic E-state index is 0.200. The third kappa shape index (κ3) is 5.21. The molecule has 1 atom stereocenters. The van der Waals surface area contributed by atoms with Crippen molar-refractivity contribution in [2.24, 2.45) is 0 Å². The highest BCUT2D eigenvalue weighted by atomic mass is 16.3. The lowest BCUT2D eigenvalue weighted by atomic mass is 10.3. The number of carbonyl (C=O) groups excluding carboxylic acids is 1. The molecule has 0 radical (unpaired) electrons. The molecule has 1 unspecified atom stereocenters. The van der Waals surface area contributed by atoms with E-state index in [9.17, 15) is 9.59 Å². The van der Waals surface area contributed by atoms with Crippen molar-refractivity contribution in [3.05, 3.63) is 28.2 Å². The predicted octanol–water partition coefficient (Wildman–Crippen LogP) is 0.544. The van der Waals surface area contributed by atoms with Crippen molar-refractivity contribution < 1.29 is 9.90 Å². The maximum absolute atomic E-state index is 11.8. The van der Waals surface area contributed by atoms with Crippen LogP contribution < -0.4 is 10.9 Å². The number of amides is 1. The van der Waals surface area contributed by atoms with Crippen LogP contribution in [-0.2, 0) is 6.54 Å². The van der Waals surface area contributed by atoms with Gasteiger partial charge in [0.2, 0.25) is 0 Å². The molecule has 1 aromatic heterocycles. The molecule has 0 saturated carbocycles. The zero-order valence-electron chi connectivity index (χ0n) is 11.4. The Morgan fingerprint density at radius 1 is 1.53 bits per heavy atom. The minimum atomic E-state index is -0.452. The third-order valence-corrected chi connectivity index (χ3v) is 2.67. The van der Waals surface area contributed by atoms with E-state index in [-0.39, 0.29) is 17.2 Å². The van der Waals surface area contributed by atoms with Crippen LogP contribution in [0.5, 0.6) is 0 Å². The van der Waals surface area contributed by atoms with Gasteiger partial charge in [-0.3, -0.25) is 9.59 Å². The fraction of sp³-hybridized carbons (Fsp3) is 0.615. The summed E-state index contributed by atoms with van der Waals surface area (Å²) in [4.78, 5) is 23.3. The SMILES string of the molecule is CCCCn1nc(C(=O)NCCC(C)O)ccc1=O. The zero-order valence-corrected chi connectivity index (χ0v) is 11.4. The number of aliphatic hydroxyl groups is 1. The van der Waals surface area contributed by atoms with E-state index in [4.69, 9.17) is 5.11 Å². The predicted molar refractivity (Wildman–Crippen MR) is 72.0 cm³/mol. The van der Waals surface area contributed by atoms with Gasteiger partial charge in [0.05, 0.1) is 6.10 Å². The third-order valence-electron chi connectivity index (χ3n) is 2.67. The molecule has 0 aliphatic rings. The number of aliphatic hydroxyl groups excluding tert-OH is 1. The molecule has 0 fully saturated rings. The first kappa shape index (κ1) is 15.4. The van der Waals surface area contributed by atoms with Crippen LogP contribution in [0, 0.1) is 0 Å². The first-order chi connectivity index (χ1) is 9.04. The van der Waals surface area contributed by atoms with Crippen LogP contribution in [0.3, 0.4) is 0 Å². The number of nitrogens with zero attached hydrogens (tertiary/aromatic N) is 2. The summed E-state index contributed by atoms with van der Waals surface area (Å²) >= 11 is 0. The van der Waals surface area contributed by atoms with E-state index in [0.29, 0.717) is 19.5 Å². The zero-order chi connectivity index (χ0) is 14.3. The number of hydrogen-bond acceptors (Lipinski definition) is 4. The van der Waals surface area contributed by atoms with Crippen molar-refractivity contribution in [3.8, 4) is 0 Å². The highest BCUT2D eigenvalue weighted by Gasteiger charge is 2.09. The van der Waals surface area contributed by atoms with Crippen LogP contribution in [-0.4, -0.2) is 33.4 Å². The van der Waals surface area contributed by atoms with E-state index in [2.05, 4.69) is 10.4 Å². The van der Waals surface area contributed by atoms with Gasteiger partial charge in [0.1, 0.15) is 5.69 Å². The number of hydrogen-bond donors (Lipinski definition) is 2. The summed E-state index contributed by atoms with van der Waals surface area (Å²) in [7, 11) is 0. The molecule has 19 heavy (non-hydrogen) atoms. The van der Waals surface area contributed by atoms with Crippen molar-refractivity contribution in [2.75, 3.05) is 6.54 Å². The smallest absolute Gasteiger partial charge is 0.271 e. The van der Waals surface area contributed by atoms with Crippen molar-refractivity contribution >= 4 is 5.91 Å². The average molecular weight is 267 g/mol. The van der Waals surface area contributed by atoms with Crippen molar-refractivity contribution in [3.63, 3.8) is 0 Å². The molecule has 0 saturated heterocycles. The average Bonchev–Trinajstić information content (AvgIpc) is 2.37. The molecular formula is C13H21N3O3. The topological polar surface area (TPSA) is 84.2 Å². The van der Waals surface area contributed by atoms with Gasteiger partial charge in [-0.05, 0) is 25.8 Å². The van der Waals surface area contributed by atoms with Gasteiger partial charge < -0.3 is 10.4 Å². The van der Waals surface area contributed by atoms with E-state index in [1.54, 1.807) is 6.92 Å². The van der Waals surface area contributed by atoms with Gasteiger partial charge in [-0.2, -0.15) is 5.10 Å². The molecule has 2 N–H and O–H groups in total. The van der Waals surface area contributed by atoms with Crippen LogP contribution in [0.15, 0.2) is 16.9 Å². The summed E-state index contributed by atoms with van der Waals surface area (Å²) in [5, 5.41) is 15.8. The molecule has 1 rings (SSSR count). The highest BCUT2D eigenvalue weighted by molar-refractivity contribution is 5.91. The second-order valence-electron chi connectivity index (χ2n) is 4.53. The lowest BCUT2D eigenvalue weighted by Gasteiger charge is -2.08.